The molecule has 0 fully saturated rings. The number of para-hydroxylation sites is 1. The van der Waals surface area contributed by atoms with Gasteiger partial charge >= 0.3 is 0 Å². The van der Waals surface area contributed by atoms with Crippen LogP contribution >= 0.6 is 11.3 Å². The van der Waals surface area contributed by atoms with Crippen molar-refractivity contribution in [3.8, 4) is 0 Å². The van der Waals surface area contributed by atoms with E-state index in [0.29, 0.717) is 24.3 Å². The normalized spacial score (nSPS) is 11.0. The number of hydrogen-bond donors (Lipinski definition) is 1. The zero-order valence-electron chi connectivity index (χ0n) is 15.3. The van der Waals surface area contributed by atoms with Gasteiger partial charge in [-0.1, -0.05) is 18.2 Å². The smallest absolute Gasteiger partial charge is 0.253 e. The highest BCUT2D eigenvalue weighted by Crippen LogP contribution is 2.22. The van der Waals surface area contributed by atoms with Crippen molar-refractivity contribution in [2.24, 2.45) is 0 Å². The van der Waals surface area contributed by atoms with Gasteiger partial charge in [0.05, 0.1) is 10.2 Å². The van der Waals surface area contributed by atoms with Crippen molar-refractivity contribution in [1.82, 2.24) is 9.88 Å². The van der Waals surface area contributed by atoms with Gasteiger partial charge in [0.2, 0.25) is 5.91 Å². The van der Waals surface area contributed by atoms with Crippen LogP contribution in [0.5, 0.6) is 0 Å². The Morgan fingerprint density at radius 1 is 1.11 bits per heavy atom. The Bertz CT molecular complexity index is 957. The predicted octanol–water partition coefficient (Wildman–Crippen LogP) is 4.43. The van der Waals surface area contributed by atoms with E-state index in [0.717, 1.165) is 15.2 Å². The molecule has 0 aliphatic rings. The summed E-state index contributed by atoms with van der Waals surface area (Å²) >= 11 is 1.53. The number of nitrogens with one attached hydrogen (secondary N) is 1. The fourth-order valence-corrected chi connectivity index (χ4v) is 3.59. The van der Waals surface area contributed by atoms with E-state index < -0.39 is 0 Å². The van der Waals surface area contributed by atoms with Crippen LogP contribution in [0.1, 0.15) is 29.2 Å². The van der Waals surface area contributed by atoms with E-state index in [2.05, 4.69) is 10.3 Å². The Kier molecular flexibility index (Phi) is 5.98. The molecular formula is C21H21N3O2S. The van der Waals surface area contributed by atoms with Crippen LogP contribution in [0.3, 0.4) is 0 Å². The number of nitrogens with zero attached hydrogens (tertiary/aromatic N) is 2. The Balaban J connectivity index is 1.68. The molecule has 0 bridgehead atoms. The average molecular weight is 379 g/mol. The highest BCUT2D eigenvalue weighted by atomic mass is 32.1. The van der Waals surface area contributed by atoms with Gasteiger partial charge in [0, 0.05) is 30.4 Å². The van der Waals surface area contributed by atoms with Crippen LogP contribution in [-0.2, 0) is 4.79 Å². The molecule has 27 heavy (non-hydrogen) atoms. The summed E-state index contributed by atoms with van der Waals surface area (Å²) < 4.78 is 1.08. The number of hydrogen-bond acceptors (Lipinski definition) is 4. The fourth-order valence-electron chi connectivity index (χ4n) is 2.72. The second-order valence-corrected chi connectivity index (χ2v) is 6.96. The summed E-state index contributed by atoms with van der Waals surface area (Å²) in [6, 6.07) is 14.8. The van der Waals surface area contributed by atoms with Crippen molar-refractivity contribution in [2.75, 3.05) is 18.4 Å². The molecule has 138 valence electrons. The molecule has 5 nitrogen and oxygen atoms in total. The average Bonchev–Trinajstić information content (AvgIpc) is 3.10. The standard InChI is InChI=1S/C21H21N3O2S/c1-3-24(4-2)21(26)15-8-7-9-16(14-15)22-19(25)12-13-20-23-17-10-5-6-11-18(17)27-20/h5-14H,3-4H2,1-2H3,(H,22,25)/b13-12+. The summed E-state index contributed by atoms with van der Waals surface area (Å²) in [5, 5.41) is 3.57. The number of carbonyl (C=O) groups is 2. The first kappa shape index (κ1) is 18.8. The van der Waals surface area contributed by atoms with Crippen LogP contribution in [0, 0.1) is 0 Å². The van der Waals surface area contributed by atoms with Crippen molar-refractivity contribution in [1.29, 1.82) is 0 Å². The first-order chi connectivity index (χ1) is 13.1. The monoisotopic (exact) mass is 379 g/mol. The van der Waals surface area contributed by atoms with Gasteiger partial charge in [-0.05, 0) is 50.3 Å². The van der Waals surface area contributed by atoms with Gasteiger partial charge in [-0.25, -0.2) is 4.98 Å². The van der Waals surface area contributed by atoms with Gasteiger partial charge in [-0.3, -0.25) is 9.59 Å². The molecule has 0 spiro atoms. The number of amides is 2. The van der Waals surface area contributed by atoms with Crippen LogP contribution in [-0.4, -0.2) is 34.8 Å². The van der Waals surface area contributed by atoms with Gasteiger partial charge < -0.3 is 10.2 Å². The molecule has 0 aliphatic carbocycles. The minimum Gasteiger partial charge on any atom is -0.339 e. The Morgan fingerprint density at radius 2 is 1.89 bits per heavy atom. The molecule has 1 N–H and O–H groups in total. The quantitative estimate of drug-likeness (QED) is 0.645. The zero-order chi connectivity index (χ0) is 19.2. The topological polar surface area (TPSA) is 62.3 Å². The molecule has 0 radical (unpaired) electrons. The molecule has 0 aliphatic heterocycles. The molecule has 0 atom stereocenters. The van der Waals surface area contributed by atoms with Gasteiger partial charge in [0.15, 0.2) is 0 Å². The van der Waals surface area contributed by atoms with Gasteiger partial charge in [0.25, 0.3) is 5.91 Å². The maximum atomic E-state index is 12.4. The van der Waals surface area contributed by atoms with Gasteiger partial charge in [0.1, 0.15) is 5.01 Å². The summed E-state index contributed by atoms with van der Waals surface area (Å²) in [5.74, 6) is -0.303. The molecule has 3 aromatic rings. The maximum absolute atomic E-state index is 12.4. The maximum Gasteiger partial charge on any atom is 0.253 e. The summed E-state index contributed by atoms with van der Waals surface area (Å²) in [5.41, 5.74) is 2.07. The minimum atomic E-state index is -0.262. The second kappa shape index (κ2) is 8.60. The Hall–Kier alpha value is -2.99. The van der Waals surface area contributed by atoms with E-state index in [-0.39, 0.29) is 11.8 Å². The third-order valence-corrected chi connectivity index (χ3v) is 5.12. The SMILES string of the molecule is CCN(CC)C(=O)c1cccc(NC(=O)/C=C/c2nc3ccccc3s2)c1. The highest BCUT2D eigenvalue weighted by Gasteiger charge is 2.12. The van der Waals surface area contributed by atoms with Crippen LogP contribution in [0.2, 0.25) is 0 Å². The molecule has 0 unspecified atom stereocenters. The summed E-state index contributed by atoms with van der Waals surface area (Å²) in [6.07, 6.45) is 3.15. The van der Waals surface area contributed by atoms with Crippen molar-refractivity contribution < 1.29 is 9.59 Å². The minimum absolute atomic E-state index is 0.0406. The number of fused-ring (bicyclic) bond motifs is 1. The molecule has 1 heterocycles. The molecule has 2 amide bonds. The van der Waals surface area contributed by atoms with Crippen LogP contribution in [0.4, 0.5) is 5.69 Å². The number of thiazole rings is 1. The van der Waals surface area contributed by atoms with E-state index in [1.807, 2.05) is 38.1 Å². The van der Waals surface area contributed by atoms with E-state index in [9.17, 15) is 9.59 Å². The lowest BCUT2D eigenvalue weighted by Gasteiger charge is -2.18. The lowest BCUT2D eigenvalue weighted by Crippen LogP contribution is -2.30. The van der Waals surface area contributed by atoms with Crippen molar-refractivity contribution in [3.05, 3.63) is 65.2 Å². The largest absolute Gasteiger partial charge is 0.339 e. The summed E-state index contributed by atoms with van der Waals surface area (Å²) in [6.45, 7) is 5.19. The third kappa shape index (κ3) is 4.60. The van der Waals surface area contributed by atoms with Crippen LogP contribution in [0.25, 0.3) is 16.3 Å². The summed E-state index contributed by atoms with van der Waals surface area (Å²) in [7, 11) is 0. The number of anilines is 1. The predicted molar refractivity (Wildman–Crippen MR) is 111 cm³/mol. The lowest BCUT2D eigenvalue weighted by molar-refractivity contribution is -0.111. The third-order valence-electron chi connectivity index (χ3n) is 4.12. The fraction of sp³-hybridized carbons (Fsp3) is 0.190. The Labute approximate surface area is 162 Å². The molecule has 2 aromatic carbocycles. The molecular weight excluding hydrogens is 358 g/mol. The molecule has 0 saturated heterocycles. The number of rotatable bonds is 6. The lowest BCUT2D eigenvalue weighted by atomic mass is 10.1. The number of benzene rings is 2. The first-order valence-corrected chi connectivity index (χ1v) is 9.66. The van der Waals surface area contributed by atoms with E-state index in [1.165, 1.54) is 17.4 Å². The first-order valence-electron chi connectivity index (χ1n) is 8.84. The number of carbonyl (C=O) groups excluding carboxylic acids is 2. The number of aromatic nitrogens is 1. The molecule has 3 rings (SSSR count). The van der Waals surface area contributed by atoms with Crippen molar-refractivity contribution >= 4 is 45.1 Å². The molecule has 1 aromatic heterocycles. The van der Waals surface area contributed by atoms with E-state index >= 15 is 0 Å². The second-order valence-electron chi connectivity index (χ2n) is 5.90. The van der Waals surface area contributed by atoms with Crippen molar-refractivity contribution in [2.45, 2.75) is 13.8 Å². The van der Waals surface area contributed by atoms with E-state index in [1.54, 1.807) is 35.2 Å². The molecule has 6 heteroatoms. The van der Waals surface area contributed by atoms with Crippen LogP contribution < -0.4 is 5.32 Å². The van der Waals surface area contributed by atoms with Crippen molar-refractivity contribution in [3.63, 3.8) is 0 Å². The van der Waals surface area contributed by atoms with Crippen LogP contribution in [0.15, 0.2) is 54.6 Å². The zero-order valence-corrected chi connectivity index (χ0v) is 16.1. The van der Waals surface area contributed by atoms with Gasteiger partial charge in [-0.15, -0.1) is 11.3 Å². The van der Waals surface area contributed by atoms with Gasteiger partial charge in [-0.2, -0.15) is 0 Å². The molecule has 0 saturated carbocycles. The Morgan fingerprint density at radius 3 is 2.63 bits per heavy atom. The highest BCUT2D eigenvalue weighted by molar-refractivity contribution is 7.19. The summed E-state index contributed by atoms with van der Waals surface area (Å²) in [4.78, 5) is 30.9. The van der Waals surface area contributed by atoms with E-state index in [4.69, 9.17) is 0 Å².